The van der Waals surface area contributed by atoms with Crippen molar-refractivity contribution in [2.24, 2.45) is 0 Å². The fourth-order valence-electron chi connectivity index (χ4n) is 1.64. The maximum Gasteiger partial charge on any atom is 0.273 e. The molecule has 1 unspecified atom stereocenters. The van der Waals surface area contributed by atoms with Crippen LogP contribution in [0.2, 0.25) is 0 Å². The lowest BCUT2D eigenvalue weighted by atomic mass is 10.0. The van der Waals surface area contributed by atoms with E-state index in [2.05, 4.69) is 4.72 Å². The van der Waals surface area contributed by atoms with Crippen molar-refractivity contribution in [1.29, 1.82) is 0 Å². The second-order valence-electron chi connectivity index (χ2n) is 5.64. The first-order valence-electron chi connectivity index (χ1n) is 6.36. The molecule has 0 radical (unpaired) electrons. The number of aliphatic hydroxyl groups excluding tert-OH is 1. The van der Waals surface area contributed by atoms with E-state index in [1.165, 1.54) is 26.8 Å². The Labute approximate surface area is 124 Å². The molecule has 0 aliphatic carbocycles. The lowest BCUT2D eigenvalue weighted by molar-refractivity contribution is -0.385. The van der Waals surface area contributed by atoms with Crippen molar-refractivity contribution >= 4 is 15.7 Å². The molecule has 0 saturated heterocycles. The monoisotopic (exact) mass is 316 g/mol. The van der Waals surface area contributed by atoms with E-state index in [9.17, 15) is 23.6 Å². The quantitative estimate of drug-likeness (QED) is 0.634. The molecule has 0 aromatic heterocycles. The zero-order valence-corrected chi connectivity index (χ0v) is 13.5. The van der Waals surface area contributed by atoms with Crippen LogP contribution in [0, 0.1) is 24.0 Å². The summed E-state index contributed by atoms with van der Waals surface area (Å²) in [4.78, 5) is 10.2. The van der Waals surface area contributed by atoms with Crippen LogP contribution in [0.25, 0.3) is 0 Å². The topological polar surface area (TPSA) is 110 Å². The number of nitro benzene ring substituents is 1. The molecule has 1 aromatic carbocycles. The summed E-state index contributed by atoms with van der Waals surface area (Å²) in [6.07, 6.45) is -0.922. The highest BCUT2D eigenvalue weighted by Gasteiger charge is 2.31. The van der Waals surface area contributed by atoms with Gasteiger partial charge in [-0.25, -0.2) is 13.1 Å². The highest BCUT2D eigenvalue weighted by Crippen LogP contribution is 2.26. The van der Waals surface area contributed by atoms with Crippen LogP contribution in [0.3, 0.4) is 0 Å². The summed E-state index contributed by atoms with van der Waals surface area (Å²) in [7, 11) is -3.97. The van der Waals surface area contributed by atoms with Crippen molar-refractivity contribution in [2.75, 3.05) is 0 Å². The number of nitro groups is 1. The van der Waals surface area contributed by atoms with Crippen molar-refractivity contribution in [1.82, 2.24) is 4.72 Å². The number of aryl methyl sites for hydroxylation is 1. The van der Waals surface area contributed by atoms with Crippen LogP contribution in [0.5, 0.6) is 0 Å². The van der Waals surface area contributed by atoms with E-state index in [-0.39, 0.29) is 10.6 Å². The summed E-state index contributed by atoms with van der Waals surface area (Å²) in [5.74, 6) is 0. The number of hydrogen-bond acceptors (Lipinski definition) is 5. The molecule has 2 N–H and O–H groups in total. The smallest absolute Gasteiger partial charge is 0.273 e. The number of sulfonamides is 1. The average molecular weight is 316 g/mol. The second kappa shape index (κ2) is 5.70. The molecule has 0 bridgehead atoms. The van der Waals surface area contributed by atoms with Crippen molar-refractivity contribution < 1.29 is 18.4 Å². The molecule has 1 aromatic rings. The van der Waals surface area contributed by atoms with Gasteiger partial charge in [-0.15, -0.1) is 0 Å². The Morgan fingerprint density at radius 2 is 1.86 bits per heavy atom. The van der Waals surface area contributed by atoms with Gasteiger partial charge < -0.3 is 5.11 Å². The fourth-order valence-corrected chi connectivity index (χ4v) is 3.22. The zero-order chi connectivity index (χ0) is 16.6. The normalized spacial score (nSPS) is 14.0. The van der Waals surface area contributed by atoms with Crippen molar-refractivity contribution in [2.45, 2.75) is 51.2 Å². The molecule has 1 rings (SSSR count). The van der Waals surface area contributed by atoms with E-state index in [0.717, 1.165) is 6.07 Å². The maximum absolute atomic E-state index is 12.3. The van der Waals surface area contributed by atoms with E-state index < -0.39 is 26.6 Å². The number of benzene rings is 1. The van der Waals surface area contributed by atoms with Gasteiger partial charge in [-0.1, -0.05) is 0 Å². The predicted octanol–water partition coefficient (Wildman–Crippen LogP) is 1.65. The molecule has 7 nitrogen and oxygen atoms in total. The molecule has 21 heavy (non-hydrogen) atoms. The first kappa shape index (κ1) is 17.5. The lowest BCUT2D eigenvalue weighted by Crippen LogP contribution is -2.50. The Morgan fingerprint density at radius 1 is 1.33 bits per heavy atom. The number of aliphatic hydroxyl groups is 1. The Hall–Kier alpha value is -1.51. The molecule has 118 valence electrons. The summed E-state index contributed by atoms with van der Waals surface area (Å²) in [6, 6.07) is 2.41. The number of nitrogens with one attached hydrogen (secondary N) is 1. The van der Waals surface area contributed by atoms with Gasteiger partial charge >= 0.3 is 0 Å². The molecule has 0 saturated carbocycles. The Balaban J connectivity index is 3.37. The molecule has 0 aliphatic rings. The molecular weight excluding hydrogens is 296 g/mol. The largest absolute Gasteiger partial charge is 0.391 e. The minimum absolute atomic E-state index is 0.189. The molecule has 0 fully saturated rings. The van der Waals surface area contributed by atoms with Crippen LogP contribution in [0.4, 0.5) is 5.69 Å². The minimum Gasteiger partial charge on any atom is -0.391 e. The van der Waals surface area contributed by atoms with Gasteiger partial charge in [0, 0.05) is 11.6 Å². The van der Waals surface area contributed by atoms with E-state index in [0.29, 0.717) is 11.1 Å². The molecule has 8 heteroatoms. The minimum atomic E-state index is -3.97. The summed E-state index contributed by atoms with van der Waals surface area (Å²) < 4.78 is 27.1. The van der Waals surface area contributed by atoms with Crippen LogP contribution in [0.15, 0.2) is 17.0 Å². The van der Waals surface area contributed by atoms with Gasteiger partial charge in [0.05, 0.1) is 21.5 Å². The van der Waals surface area contributed by atoms with Crippen LogP contribution >= 0.6 is 0 Å². The van der Waals surface area contributed by atoms with Gasteiger partial charge in [0.2, 0.25) is 10.0 Å². The van der Waals surface area contributed by atoms with E-state index in [4.69, 9.17) is 0 Å². The van der Waals surface area contributed by atoms with Gasteiger partial charge in [0.25, 0.3) is 5.69 Å². The Kier molecular flexibility index (Phi) is 4.76. The summed E-state index contributed by atoms with van der Waals surface area (Å²) >= 11 is 0. The zero-order valence-electron chi connectivity index (χ0n) is 12.7. The molecular formula is C13H20N2O5S. The highest BCUT2D eigenvalue weighted by atomic mass is 32.2. The fraction of sp³-hybridized carbons (Fsp3) is 0.538. The lowest BCUT2D eigenvalue weighted by Gasteiger charge is -2.29. The van der Waals surface area contributed by atoms with Crippen molar-refractivity contribution in [3.8, 4) is 0 Å². The van der Waals surface area contributed by atoms with Gasteiger partial charge in [0.1, 0.15) is 0 Å². The van der Waals surface area contributed by atoms with Gasteiger partial charge in [-0.2, -0.15) is 0 Å². The Bertz CT molecular complexity index is 665. The number of hydrogen-bond donors (Lipinski definition) is 2. The van der Waals surface area contributed by atoms with Crippen molar-refractivity contribution in [3.05, 3.63) is 33.4 Å². The Morgan fingerprint density at radius 3 is 2.29 bits per heavy atom. The standard InChI is InChI=1S/C13H20N2O5S/c1-8-6-11(7-12(9(8)2)15(17)18)21(19,20)14-13(4,5)10(3)16/h6-7,10,14,16H,1-5H3. The summed E-state index contributed by atoms with van der Waals surface area (Å²) in [5.41, 5.74) is -0.398. The first-order valence-corrected chi connectivity index (χ1v) is 7.84. The van der Waals surface area contributed by atoms with Gasteiger partial charge in [-0.05, 0) is 46.2 Å². The van der Waals surface area contributed by atoms with Crippen molar-refractivity contribution in [3.63, 3.8) is 0 Å². The second-order valence-corrected chi connectivity index (χ2v) is 7.33. The third kappa shape index (κ3) is 3.78. The summed E-state index contributed by atoms with van der Waals surface area (Å²) in [5, 5.41) is 20.6. The maximum atomic E-state index is 12.3. The number of rotatable bonds is 5. The molecule has 0 aliphatic heterocycles. The SMILES string of the molecule is Cc1cc(S(=O)(=O)NC(C)(C)C(C)O)cc([N+](=O)[O-])c1C. The molecule has 0 amide bonds. The van der Waals surface area contributed by atoms with Gasteiger partial charge in [0.15, 0.2) is 0 Å². The third-order valence-corrected chi connectivity index (χ3v) is 5.21. The van der Waals surface area contributed by atoms with E-state index in [1.807, 2.05) is 0 Å². The highest BCUT2D eigenvalue weighted by molar-refractivity contribution is 7.89. The van der Waals surface area contributed by atoms with Crippen LogP contribution in [-0.2, 0) is 10.0 Å². The van der Waals surface area contributed by atoms with E-state index in [1.54, 1.807) is 13.8 Å². The molecule has 0 spiro atoms. The molecule has 1 atom stereocenters. The first-order chi connectivity index (χ1) is 9.38. The van der Waals surface area contributed by atoms with Crippen LogP contribution in [0.1, 0.15) is 31.9 Å². The average Bonchev–Trinajstić information content (AvgIpc) is 2.30. The summed E-state index contributed by atoms with van der Waals surface area (Å²) in [6.45, 7) is 7.71. The van der Waals surface area contributed by atoms with Gasteiger partial charge in [-0.3, -0.25) is 10.1 Å². The van der Waals surface area contributed by atoms with Crippen LogP contribution in [-0.4, -0.2) is 30.1 Å². The van der Waals surface area contributed by atoms with Crippen LogP contribution < -0.4 is 4.72 Å². The number of nitrogens with zero attached hydrogens (tertiary/aromatic N) is 1. The third-order valence-electron chi connectivity index (χ3n) is 3.56. The van der Waals surface area contributed by atoms with E-state index >= 15 is 0 Å². The predicted molar refractivity (Wildman–Crippen MR) is 78.7 cm³/mol. The molecule has 0 heterocycles.